The first kappa shape index (κ1) is 20.1. The van der Waals surface area contributed by atoms with E-state index in [1.165, 1.54) is 0 Å². The summed E-state index contributed by atoms with van der Waals surface area (Å²) in [6, 6.07) is 8.35. The minimum atomic E-state index is 0.184. The first-order valence-electron chi connectivity index (χ1n) is 10.4. The molecule has 29 heavy (non-hydrogen) atoms. The van der Waals surface area contributed by atoms with Crippen LogP contribution in [0.2, 0.25) is 5.02 Å². The van der Waals surface area contributed by atoms with Crippen LogP contribution in [0.4, 0.5) is 5.95 Å². The third-order valence-electron chi connectivity index (χ3n) is 6.26. The topological polar surface area (TPSA) is 75.4 Å². The number of likely N-dealkylation sites (tertiary alicyclic amines) is 2. The SMILES string of the molecule is CC(=O)N1CCC(N2CCC[C@H](c3nc(N)ncc3-c3ccc(Cl)cc3)C2)CC1. The molecule has 0 radical (unpaired) electrons. The minimum absolute atomic E-state index is 0.184. The van der Waals surface area contributed by atoms with Crippen molar-refractivity contribution in [3.63, 3.8) is 0 Å². The number of rotatable bonds is 3. The summed E-state index contributed by atoms with van der Waals surface area (Å²) in [5.74, 6) is 0.833. The molecule has 6 nitrogen and oxygen atoms in total. The third kappa shape index (κ3) is 4.54. The lowest BCUT2D eigenvalue weighted by Crippen LogP contribution is -2.49. The summed E-state index contributed by atoms with van der Waals surface area (Å²) >= 11 is 6.07. The molecule has 2 saturated heterocycles. The van der Waals surface area contributed by atoms with Gasteiger partial charge >= 0.3 is 0 Å². The number of amides is 1. The highest BCUT2D eigenvalue weighted by atomic mass is 35.5. The number of hydrogen-bond acceptors (Lipinski definition) is 5. The molecule has 0 bridgehead atoms. The van der Waals surface area contributed by atoms with Gasteiger partial charge in [0.25, 0.3) is 0 Å². The van der Waals surface area contributed by atoms with Gasteiger partial charge in [-0.3, -0.25) is 9.69 Å². The highest BCUT2D eigenvalue weighted by molar-refractivity contribution is 6.30. The summed E-state index contributed by atoms with van der Waals surface area (Å²) in [6.07, 6.45) is 6.16. The Hall–Kier alpha value is -2.18. The number of benzene rings is 1. The zero-order valence-corrected chi connectivity index (χ0v) is 17.6. The molecule has 154 valence electrons. The Morgan fingerprint density at radius 3 is 2.55 bits per heavy atom. The molecule has 4 rings (SSSR count). The molecule has 1 atom stereocenters. The smallest absolute Gasteiger partial charge is 0.220 e. The van der Waals surface area contributed by atoms with Crippen molar-refractivity contribution in [2.75, 3.05) is 31.9 Å². The van der Waals surface area contributed by atoms with Crippen LogP contribution < -0.4 is 5.73 Å². The fourth-order valence-corrected chi connectivity index (χ4v) is 4.81. The van der Waals surface area contributed by atoms with Gasteiger partial charge < -0.3 is 10.6 Å². The van der Waals surface area contributed by atoms with Crippen molar-refractivity contribution < 1.29 is 4.79 Å². The van der Waals surface area contributed by atoms with E-state index >= 15 is 0 Å². The lowest BCUT2D eigenvalue weighted by Gasteiger charge is -2.42. The van der Waals surface area contributed by atoms with Crippen molar-refractivity contribution in [3.8, 4) is 11.1 Å². The Labute approximate surface area is 177 Å². The lowest BCUT2D eigenvalue weighted by molar-refractivity contribution is -0.130. The van der Waals surface area contributed by atoms with Crippen LogP contribution in [-0.4, -0.2) is 57.9 Å². The van der Waals surface area contributed by atoms with E-state index in [2.05, 4.69) is 14.9 Å². The number of halogens is 1. The van der Waals surface area contributed by atoms with E-state index in [0.717, 1.165) is 68.7 Å². The number of nitrogens with two attached hydrogens (primary N) is 1. The summed E-state index contributed by atoms with van der Waals surface area (Å²) < 4.78 is 0. The number of nitrogens with zero attached hydrogens (tertiary/aromatic N) is 4. The van der Waals surface area contributed by atoms with Crippen LogP contribution in [0.3, 0.4) is 0 Å². The van der Waals surface area contributed by atoms with Crippen LogP contribution in [0.15, 0.2) is 30.5 Å². The highest BCUT2D eigenvalue weighted by Crippen LogP contribution is 2.35. The van der Waals surface area contributed by atoms with E-state index in [0.29, 0.717) is 22.9 Å². The van der Waals surface area contributed by atoms with Gasteiger partial charge in [-0.2, -0.15) is 0 Å². The summed E-state index contributed by atoms with van der Waals surface area (Å²) in [5.41, 5.74) is 9.10. The van der Waals surface area contributed by atoms with Crippen LogP contribution in [0.1, 0.15) is 44.2 Å². The molecule has 7 heteroatoms. The molecule has 0 unspecified atom stereocenters. The maximum absolute atomic E-state index is 11.6. The quantitative estimate of drug-likeness (QED) is 0.832. The molecule has 3 heterocycles. The number of piperidine rings is 2. The second-order valence-electron chi connectivity index (χ2n) is 8.11. The molecule has 1 aromatic heterocycles. The predicted octanol–water partition coefficient (Wildman–Crippen LogP) is 3.57. The first-order chi connectivity index (χ1) is 14.0. The monoisotopic (exact) mass is 413 g/mol. The van der Waals surface area contributed by atoms with Crippen molar-refractivity contribution >= 4 is 23.5 Å². The summed E-state index contributed by atoms with van der Waals surface area (Å²) in [5, 5.41) is 0.715. The van der Waals surface area contributed by atoms with Crippen LogP contribution >= 0.6 is 11.6 Å². The summed E-state index contributed by atoms with van der Waals surface area (Å²) in [4.78, 5) is 25.1. The molecular formula is C22H28ClN5O. The fraction of sp³-hybridized carbons (Fsp3) is 0.500. The van der Waals surface area contributed by atoms with E-state index in [1.54, 1.807) is 6.92 Å². The summed E-state index contributed by atoms with van der Waals surface area (Å²) in [7, 11) is 0. The van der Waals surface area contributed by atoms with Crippen LogP contribution in [0.25, 0.3) is 11.1 Å². The second kappa shape index (κ2) is 8.67. The highest BCUT2D eigenvalue weighted by Gasteiger charge is 2.31. The van der Waals surface area contributed by atoms with Gasteiger partial charge in [-0.1, -0.05) is 23.7 Å². The molecule has 0 spiro atoms. The van der Waals surface area contributed by atoms with Gasteiger partial charge in [-0.25, -0.2) is 9.97 Å². The molecule has 0 aliphatic carbocycles. The maximum atomic E-state index is 11.6. The Morgan fingerprint density at radius 2 is 1.86 bits per heavy atom. The van der Waals surface area contributed by atoms with Crippen molar-refractivity contribution in [2.24, 2.45) is 0 Å². The molecule has 2 aliphatic heterocycles. The normalized spacial score (nSPS) is 21.3. The largest absolute Gasteiger partial charge is 0.368 e. The van der Waals surface area contributed by atoms with Crippen LogP contribution in [-0.2, 0) is 4.79 Å². The average molecular weight is 414 g/mol. The van der Waals surface area contributed by atoms with E-state index in [-0.39, 0.29) is 5.91 Å². The Balaban J connectivity index is 1.53. The predicted molar refractivity (Wildman–Crippen MR) is 116 cm³/mol. The number of hydrogen-bond donors (Lipinski definition) is 1. The standard InChI is InChI=1S/C22H28ClN5O/c1-15(29)27-11-8-19(9-12-27)28-10-2-3-17(14-28)21-20(13-25-22(24)26-21)16-4-6-18(23)7-5-16/h4-7,13,17,19H,2-3,8-12,14H2,1H3,(H2,24,25,26)/t17-/m0/s1. The van der Waals surface area contributed by atoms with Gasteiger partial charge in [0.2, 0.25) is 11.9 Å². The Kier molecular flexibility index (Phi) is 6.01. The third-order valence-corrected chi connectivity index (χ3v) is 6.51. The van der Waals surface area contributed by atoms with Gasteiger partial charge in [0.05, 0.1) is 5.69 Å². The first-order valence-corrected chi connectivity index (χ1v) is 10.8. The lowest BCUT2D eigenvalue weighted by atomic mass is 9.88. The summed E-state index contributed by atoms with van der Waals surface area (Å²) in [6.45, 7) is 5.46. The number of nitrogen functional groups attached to an aromatic ring is 1. The molecule has 2 fully saturated rings. The van der Waals surface area contributed by atoms with Gasteiger partial charge in [0.15, 0.2) is 0 Å². The van der Waals surface area contributed by atoms with Gasteiger partial charge in [-0.05, 0) is 49.9 Å². The molecule has 2 aliphatic rings. The molecule has 1 aromatic carbocycles. The Bertz CT molecular complexity index is 864. The number of aromatic nitrogens is 2. The van der Waals surface area contributed by atoms with E-state index in [9.17, 15) is 4.79 Å². The van der Waals surface area contributed by atoms with E-state index < -0.39 is 0 Å². The maximum Gasteiger partial charge on any atom is 0.220 e. The van der Waals surface area contributed by atoms with Crippen LogP contribution in [0, 0.1) is 0 Å². The molecule has 2 N–H and O–H groups in total. The molecular weight excluding hydrogens is 386 g/mol. The average Bonchev–Trinajstić information content (AvgIpc) is 2.74. The zero-order chi connectivity index (χ0) is 20.4. The van der Waals surface area contributed by atoms with Crippen LogP contribution in [0.5, 0.6) is 0 Å². The fourth-order valence-electron chi connectivity index (χ4n) is 4.68. The van der Waals surface area contributed by atoms with Gasteiger partial charge in [0, 0.05) is 55.3 Å². The zero-order valence-electron chi connectivity index (χ0n) is 16.9. The van der Waals surface area contributed by atoms with Crippen molar-refractivity contribution in [1.82, 2.24) is 19.8 Å². The van der Waals surface area contributed by atoms with Crippen molar-refractivity contribution in [2.45, 2.75) is 44.6 Å². The van der Waals surface area contributed by atoms with Gasteiger partial charge in [0.1, 0.15) is 0 Å². The number of carbonyl (C=O) groups is 1. The number of anilines is 1. The van der Waals surface area contributed by atoms with E-state index in [4.69, 9.17) is 17.3 Å². The van der Waals surface area contributed by atoms with Gasteiger partial charge in [-0.15, -0.1) is 0 Å². The molecule has 1 amide bonds. The second-order valence-corrected chi connectivity index (χ2v) is 8.54. The van der Waals surface area contributed by atoms with E-state index in [1.807, 2.05) is 35.4 Å². The molecule has 0 saturated carbocycles. The molecule has 2 aromatic rings. The van der Waals surface area contributed by atoms with Crippen molar-refractivity contribution in [1.29, 1.82) is 0 Å². The number of carbonyl (C=O) groups excluding carboxylic acids is 1. The van der Waals surface area contributed by atoms with Crippen molar-refractivity contribution in [3.05, 3.63) is 41.2 Å². The minimum Gasteiger partial charge on any atom is -0.368 e. The Morgan fingerprint density at radius 1 is 1.14 bits per heavy atom.